The van der Waals surface area contributed by atoms with E-state index in [0.717, 1.165) is 10.8 Å². The second-order valence-electron chi connectivity index (χ2n) is 5.31. The molecule has 2 aromatic carbocycles. The fraction of sp³-hybridized carbons (Fsp3) is 0.316. The van der Waals surface area contributed by atoms with Crippen LogP contribution >= 0.6 is 0 Å². The molecule has 0 aromatic heterocycles. The number of carbonyl (C=O) groups is 3. The highest BCUT2D eigenvalue weighted by atomic mass is 16.5. The number of fused-ring (bicyclic) bond motifs is 1. The molecule has 0 fully saturated rings. The van der Waals surface area contributed by atoms with Crippen LogP contribution in [-0.4, -0.2) is 24.1 Å². The van der Waals surface area contributed by atoms with Crippen molar-refractivity contribution in [3.05, 3.63) is 48.0 Å². The van der Waals surface area contributed by atoms with Crippen molar-refractivity contribution >= 4 is 28.3 Å². The van der Waals surface area contributed by atoms with Gasteiger partial charge in [0.25, 0.3) is 0 Å². The van der Waals surface area contributed by atoms with Gasteiger partial charge in [-0.05, 0) is 23.8 Å². The fourth-order valence-corrected chi connectivity index (χ4v) is 2.48. The zero-order valence-electron chi connectivity index (χ0n) is 13.4. The molecule has 2 rings (SSSR count). The maximum Gasteiger partial charge on any atom is 0.316 e. The molecule has 4 nitrogen and oxygen atoms in total. The molecule has 0 aliphatic heterocycles. The standard InChI is InChI=1S/C19H20O4/c1-3-17(20)16(19(22)23-4-2)12-18(21)15-10-9-13-7-5-6-8-14(13)11-15/h5-11,16H,3-4,12H2,1-2H3/t16-/m1/s1. The van der Waals surface area contributed by atoms with Crippen LogP contribution in [0.4, 0.5) is 0 Å². The lowest BCUT2D eigenvalue weighted by molar-refractivity contribution is -0.151. The maximum atomic E-state index is 12.5. The monoisotopic (exact) mass is 312 g/mol. The van der Waals surface area contributed by atoms with Gasteiger partial charge in [-0.3, -0.25) is 14.4 Å². The van der Waals surface area contributed by atoms with Gasteiger partial charge in [-0.1, -0.05) is 43.3 Å². The molecule has 23 heavy (non-hydrogen) atoms. The predicted octanol–water partition coefficient (Wildman–Crippen LogP) is 3.57. The quantitative estimate of drug-likeness (QED) is 0.445. The van der Waals surface area contributed by atoms with E-state index < -0.39 is 11.9 Å². The molecule has 2 aromatic rings. The Morgan fingerprint density at radius 3 is 2.35 bits per heavy atom. The van der Waals surface area contributed by atoms with Crippen LogP contribution in [0.3, 0.4) is 0 Å². The highest BCUT2D eigenvalue weighted by Gasteiger charge is 2.29. The lowest BCUT2D eigenvalue weighted by Gasteiger charge is -2.13. The third kappa shape index (κ3) is 4.03. The van der Waals surface area contributed by atoms with Crippen molar-refractivity contribution in [1.29, 1.82) is 0 Å². The molecule has 0 amide bonds. The van der Waals surface area contributed by atoms with Crippen molar-refractivity contribution in [1.82, 2.24) is 0 Å². The summed E-state index contributed by atoms with van der Waals surface area (Å²) >= 11 is 0. The lowest BCUT2D eigenvalue weighted by Crippen LogP contribution is -2.28. The first kappa shape index (κ1) is 16.9. The molecule has 0 bridgehead atoms. The van der Waals surface area contributed by atoms with E-state index >= 15 is 0 Å². The van der Waals surface area contributed by atoms with Crippen LogP contribution in [0, 0.1) is 5.92 Å². The van der Waals surface area contributed by atoms with E-state index in [9.17, 15) is 14.4 Å². The van der Waals surface area contributed by atoms with Crippen molar-refractivity contribution in [2.45, 2.75) is 26.7 Å². The van der Waals surface area contributed by atoms with Gasteiger partial charge < -0.3 is 4.74 Å². The van der Waals surface area contributed by atoms with E-state index in [1.165, 1.54) is 0 Å². The van der Waals surface area contributed by atoms with Crippen LogP contribution in [0.2, 0.25) is 0 Å². The summed E-state index contributed by atoms with van der Waals surface area (Å²) in [5.41, 5.74) is 0.502. The molecular weight excluding hydrogens is 292 g/mol. The van der Waals surface area contributed by atoms with Gasteiger partial charge in [0.2, 0.25) is 0 Å². The Kier molecular flexibility index (Phi) is 5.63. The molecule has 120 valence electrons. The summed E-state index contributed by atoms with van der Waals surface area (Å²) in [6.07, 6.45) is 0.0539. The molecular formula is C19H20O4. The Hall–Kier alpha value is -2.49. The van der Waals surface area contributed by atoms with Crippen LogP contribution in [0.5, 0.6) is 0 Å². The number of ether oxygens (including phenoxy) is 1. The number of benzene rings is 2. The molecule has 4 heteroatoms. The maximum absolute atomic E-state index is 12.5. The van der Waals surface area contributed by atoms with Gasteiger partial charge in [0.1, 0.15) is 11.7 Å². The molecule has 0 N–H and O–H groups in total. The Balaban J connectivity index is 2.22. The summed E-state index contributed by atoms with van der Waals surface area (Å²) in [5.74, 6) is -2.12. The summed E-state index contributed by atoms with van der Waals surface area (Å²) in [5, 5.41) is 1.99. The molecule has 0 spiro atoms. The SMILES string of the molecule is CCOC(=O)[C@H](CC(=O)c1ccc2ccccc2c1)C(=O)CC. The van der Waals surface area contributed by atoms with Gasteiger partial charge in [0.05, 0.1) is 6.61 Å². The average molecular weight is 312 g/mol. The van der Waals surface area contributed by atoms with E-state index in [1.807, 2.05) is 30.3 Å². The van der Waals surface area contributed by atoms with Gasteiger partial charge in [0.15, 0.2) is 5.78 Å². The van der Waals surface area contributed by atoms with E-state index in [2.05, 4.69) is 0 Å². The van der Waals surface area contributed by atoms with Crippen LogP contribution in [-0.2, 0) is 14.3 Å². The zero-order chi connectivity index (χ0) is 16.8. The van der Waals surface area contributed by atoms with Crippen molar-refractivity contribution in [2.75, 3.05) is 6.61 Å². The topological polar surface area (TPSA) is 60.4 Å². The van der Waals surface area contributed by atoms with Crippen molar-refractivity contribution in [3.8, 4) is 0 Å². The van der Waals surface area contributed by atoms with Gasteiger partial charge in [-0.2, -0.15) is 0 Å². The third-order valence-electron chi connectivity index (χ3n) is 3.77. The number of ketones is 2. The summed E-state index contributed by atoms with van der Waals surface area (Å²) < 4.78 is 4.92. The van der Waals surface area contributed by atoms with Gasteiger partial charge in [-0.25, -0.2) is 0 Å². The summed E-state index contributed by atoms with van der Waals surface area (Å²) in [7, 11) is 0. The predicted molar refractivity (Wildman–Crippen MR) is 88.3 cm³/mol. The van der Waals surface area contributed by atoms with E-state index in [0.29, 0.717) is 5.56 Å². The lowest BCUT2D eigenvalue weighted by atomic mass is 9.92. The van der Waals surface area contributed by atoms with Gasteiger partial charge in [-0.15, -0.1) is 0 Å². The normalized spacial score (nSPS) is 11.9. The summed E-state index contributed by atoms with van der Waals surface area (Å²) in [6, 6.07) is 13.1. The first-order valence-corrected chi connectivity index (χ1v) is 7.78. The molecule has 0 unspecified atom stereocenters. The second kappa shape index (κ2) is 7.68. The van der Waals surface area contributed by atoms with Crippen molar-refractivity contribution in [3.63, 3.8) is 0 Å². The van der Waals surface area contributed by atoms with Crippen molar-refractivity contribution in [2.24, 2.45) is 5.92 Å². The Morgan fingerprint density at radius 2 is 1.70 bits per heavy atom. The van der Waals surface area contributed by atoms with Gasteiger partial charge >= 0.3 is 5.97 Å². The van der Waals surface area contributed by atoms with Crippen LogP contribution in [0.1, 0.15) is 37.0 Å². The molecule has 0 saturated carbocycles. The number of rotatable bonds is 7. The Labute approximate surface area is 135 Å². The largest absolute Gasteiger partial charge is 0.465 e. The number of hydrogen-bond acceptors (Lipinski definition) is 4. The Bertz CT molecular complexity index is 733. The molecule has 0 saturated heterocycles. The molecule has 0 aliphatic rings. The minimum absolute atomic E-state index is 0.149. The second-order valence-corrected chi connectivity index (χ2v) is 5.31. The minimum Gasteiger partial charge on any atom is -0.465 e. The molecule has 0 heterocycles. The summed E-state index contributed by atoms with van der Waals surface area (Å²) in [6.45, 7) is 3.54. The first-order chi connectivity index (χ1) is 11.1. The van der Waals surface area contributed by atoms with Crippen LogP contribution in [0.25, 0.3) is 10.8 Å². The van der Waals surface area contributed by atoms with Gasteiger partial charge in [0, 0.05) is 18.4 Å². The Morgan fingerprint density at radius 1 is 1.00 bits per heavy atom. The van der Waals surface area contributed by atoms with Crippen molar-refractivity contribution < 1.29 is 19.1 Å². The minimum atomic E-state index is -1.01. The molecule has 0 aliphatic carbocycles. The highest BCUT2D eigenvalue weighted by Crippen LogP contribution is 2.19. The number of carbonyl (C=O) groups excluding carboxylic acids is 3. The van der Waals surface area contributed by atoms with Crippen LogP contribution in [0.15, 0.2) is 42.5 Å². The number of esters is 1. The molecule has 0 radical (unpaired) electrons. The van der Waals surface area contributed by atoms with E-state index in [4.69, 9.17) is 4.74 Å². The smallest absolute Gasteiger partial charge is 0.316 e. The number of Topliss-reactive ketones (excluding diaryl/α,β-unsaturated/α-hetero) is 2. The third-order valence-corrected chi connectivity index (χ3v) is 3.77. The fourth-order valence-electron chi connectivity index (χ4n) is 2.48. The van der Waals surface area contributed by atoms with E-state index in [1.54, 1.807) is 26.0 Å². The van der Waals surface area contributed by atoms with E-state index in [-0.39, 0.29) is 31.0 Å². The number of hydrogen-bond donors (Lipinski definition) is 0. The first-order valence-electron chi connectivity index (χ1n) is 7.78. The van der Waals surface area contributed by atoms with Crippen LogP contribution < -0.4 is 0 Å². The highest BCUT2D eigenvalue weighted by molar-refractivity contribution is 6.07. The molecule has 1 atom stereocenters. The summed E-state index contributed by atoms with van der Waals surface area (Å²) in [4.78, 5) is 36.3. The zero-order valence-corrected chi connectivity index (χ0v) is 13.4. The average Bonchev–Trinajstić information content (AvgIpc) is 2.58.